The van der Waals surface area contributed by atoms with Crippen molar-refractivity contribution < 1.29 is 8.42 Å². The second-order valence-corrected chi connectivity index (χ2v) is 12.2. The molecule has 2 fully saturated rings. The van der Waals surface area contributed by atoms with E-state index in [1.807, 2.05) is 18.2 Å². The van der Waals surface area contributed by atoms with Gasteiger partial charge >= 0.3 is 0 Å². The van der Waals surface area contributed by atoms with Crippen molar-refractivity contribution >= 4 is 15.7 Å². The molecule has 0 bridgehead atoms. The van der Waals surface area contributed by atoms with Gasteiger partial charge in [-0.25, -0.2) is 4.98 Å². The van der Waals surface area contributed by atoms with Crippen LogP contribution in [-0.4, -0.2) is 42.5 Å². The lowest BCUT2D eigenvalue weighted by Crippen LogP contribution is -2.47. The van der Waals surface area contributed by atoms with Crippen LogP contribution in [0.4, 0.5) is 5.69 Å². The maximum atomic E-state index is 12.7. The smallest absolute Gasteiger partial charge is 0.280 e. The summed E-state index contributed by atoms with van der Waals surface area (Å²) >= 11 is 0. The lowest BCUT2D eigenvalue weighted by Gasteiger charge is -2.45. The lowest BCUT2D eigenvalue weighted by molar-refractivity contribution is 0.107. The van der Waals surface area contributed by atoms with E-state index >= 15 is 0 Å². The molecule has 1 N–H and O–H groups in total. The number of imidazole rings is 1. The number of likely N-dealkylation sites (tertiary alicyclic amines) is 1. The third-order valence-electron chi connectivity index (χ3n) is 8.11. The highest BCUT2D eigenvalue weighted by atomic mass is 32.2. The predicted molar refractivity (Wildman–Crippen MR) is 134 cm³/mol. The van der Waals surface area contributed by atoms with E-state index in [4.69, 9.17) is 0 Å². The van der Waals surface area contributed by atoms with Gasteiger partial charge in [-0.3, -0.25) is 4.72 Å². The number of benzene rings is 1. The van der Waals surface area contributed by atoms with E-state index in [1.165, 1.54) is 69.6 Å². The molecule has 1 aromatic heterocycles. The molecule has 7 heteroatoms. The van der Waals surface area contributed by atoms with Gasteiger partial charge in [-0.1, -0.05) is 58.1 Å². The van der Waals surface area contributed by atoms with Gasteiger partial charge in [0.2, 0.25) is 0 Å². The van der Waals surface area contributed by atoms with Crippen LogP contribution in [0.1, 0.15) is 70.8 Å². The number of aromatic nitrogens is 2. The van der Waals surface area contributed by atoms with Crippen LogP contribution in [0.25, 0.3) is 0 Å². The van der Waals surface area contributed by atoms with Gasteiger partial charge in [0.1, 0.15) is 0 Å². The van der Waals surface area contributed by atoms with E-state index in [0.717, 1.165) is 25.4 Å². The average Bonchev–Trinajstić information content (AvgIpc) is 3.24. The first-order chi connectivity index (χ1) is 15.8. The van der Waals surface area contributed by atoms with Gasteiger partial charge in [-0.05, 0) is 67.3 Å². The molecular weight excluding hydrogens is 432 g/mol. The molecule has 6 nitrogen and oxygen atoms in total. The monoisotopic (exact) mass is 472 g/mol. The maximum Gasteiger partial charge on any atom is 0.280 e. The molecule has 182 valence electrons. The number of hydrogen-bond donors (Lipinski definition) is 1. The molecule has 0 radical (unpaired) electrons. The van der Waals surface area contributed by atoms with Crippen molar-refractivity contribution in [3.8, 4) is 0 Å². The Morgan fingerprint density at radius 1 is 1.21 bits per heavy atom. The van der Waals surface area contributed by atoms with Crippen LogP contribution in [0.5, 0.6) is 0 Å². The molecule has 1 saturated heterocycles. The van der Waals surface area contributed by atoms with Crippen molar-refractivity contribution in [3.63, 3.8) is 0 Å². The van der Waals surface area contributed by atoms with Gasteiger partial charge in [0, 0.05) is 25.5 Å². The molecule has 0 spiro atoms. The summed E-state index contributed by atoms with van der Waals surface area (Å²) in [5, 5.41) is 0.0384. The second kappa shape index (κ2) is 10.2. The number of anilines is 1. The molecule has 0 unspecified atom stereocenters. The molecule has 1 aliphatic carbocycles. The summed E-state index contributed by atoms with van der Waals surface area (Å²) in [4.78, 5) is 6.63. The summed E-state index contributed by atoms with van der Waals surface area (Å²) in [6, 6.07) is 7.93. The van der Waals surface area contributed by atoms with Crippen LogP contribution < -0.4 is 4.72 Å². The van der Waals surface area contributed by atoms with Crippen LogP contribution >= 0.6 is 0 Å². The summed E-state index contributed by atoms with van der Waals surface area (Å²) in [5.74, 6) is 1.47. The summed E-state index contributed by atoms with van der Waals surface area (Å²) in [6.45, 7) is 8.10. The van der Waals surface area contributed by atoms with Gasteiger partial charge in [-0.2, -0.15) is 8.42 Å². The number of hydrogen-bond acceptors (Lipinski definition) is 4. The standard InChI is InChI=1S/C26H40N4O2S/c1-21-18-30(15-8-11-22-9-5-4-6-10-22)16-14-26(21,2)23-12-7-13-24(17-23)28-33(31,32)25-19-29(3)20-27-25/h7,12-13,17,19-22,28H,4-6,8-11,14-16,18H2,1-3H3/t21-,26-/m0/s1. The van der Waals surface area contributed by atoms with E-state index in [0.29, 0.717) is 11.6 Å². The minimum atomic E-state index is -3.69. The summed E-state index contributed by atoms with van der Waals surface area (Å²) in [7, 11) is -1.93. The normalized spacial score (nSPS) is 25.2. The Morgan fingerprint density at radius 3 is 2.70 bits per heavy atom. The van der Waals surface area contributed by atoms with E-state index in [1.54, 1.807) is 11.6 Å². The molecule has 33 heavy (non-hydrogen) atoms. The Balaban J connectivity index is 1.36. The summed E-state index contributed by atoms with van der Waals surface area (Å²) in [5.41, 5.74) is 1.84. The topological polar surface area (TPSA) is 67.2 Å². The molecule has 1 aromatic carbocycles. The van der Waals surface area contributed by atoms with Gasteiger partial charge in [0.25, 0.3) is 10.0 Å². The molecule has 2 heterocycles. The zero-order valence-corrected chi connectivity index (χ0v) is 21.3. The van der Waals surface area contributed by atoms with Gasteiger partial charge in [0.15, 0.2) is 5.03 Å². The summed E-state index contributed by atoms with van der Waals surface area (Å²) < 4.78 is 29.8. The Bertz CT molecular complexity index is 1030. The molecule has 0 amide bonds. The van der Waals surface area contributed by atoms with E-state index in [-0.39, 0.29) is 10.4 Å². The van der Waals surface area contributed by atoms with Gasteiger partial charge in [-0.15, -0.1) is 0 Å². The molecule has 2 aromatic rings. The molecule has 1 aliphatic heterocycles. The van der Waals surface area contributed by atoms with Crippen molar-refractivity contribution in [2.24, 2.45) is 18.9 Å². The highest BCUT2D eigenvalue weighted by molar-refractivity contribution is 7.92. The highest BCUT2D eigenvalue weighted by Crippen LogP contribution is 2.40. The zero-order chi connectivity index (χ0) is 23.5. The zero-order valence-electron chi connectivity index (χ0n) is 20.5. The second-order valence-electron chi connectivity index (χ2n) is 10.6. The van der Waals surface area contributed by atoms with Crippen LogP contribution in [0, 0.1) is 11.8 Å². The fraction of sp³-hybridized carbons (Fsp3) is 0.654. The number of nitrogens with zero attached hydrogens (tertiary/aromatic N) is 3. The number of rotatable bonds is 8. The van der Waals surface area contributed by atoms with Crippen molar-refractivity contribution in [1.29, 1.82) is 0 Å². The minimum absolute atomic E-state index is 0.0340. The van der Waals surface area contributed by atoms with E-state index < -0.39 is 10.0 Å². The number of piperidine rings is 1. The van der Waals surface area contributed by atoms with Crippen LogP contribution in [0.15, 0.2) is 41.8 Å². The third kappa shape index (κ3) is 5.80. The molecular formula is C26H40N4O2S. The first-order valence-corrected chi connectivity index (χ1v) is 14.1. The van der Waals surface area contributed by atoms with Crippen LogP contribution in [0.3, 0.4) is 0 Å². The SMILES string of the molecule is C[C@H]1CN(CCCC2CCCCC2)CC[C@]1(C)c1cccc(NS(=O)(=O)c2cn(C)cn2)c1. The maximum absolute atomic E-state index is 12.7. The molecule has 2 atom stereocenters. The van der Waals surface area contributed by atoms with E-state index in [9.17, 15) is 8.42 Å². The molecule has 4 rings (SSSR count). The Labute approximate surface area is 199 Å². The van der Waals surface area contributed by atoms with Gasteiger partial charge < -0.3 is 9.47 Å². The summed E-state index contributed by atoms with van der Waals surface area (Å²) in [6.07, 6.45) is 14.0. The lowest BCUT2D eigenvalue weighted by atomic mass is 9.68. The minimum Gasteiger partial charge on any atom is -0.339 e. The van der Waals surface area contributed by atoms with Crippen molar-refractivity contribution in [2.75, 3.05) is 24.4 Å². The highest BCUT2D eigenvalue weighted by Gasteiger charge is 2.38. The fourth-order valence-electron chi connectivity index (χ4n) is 5.70. The number of sulfonamides is 1. The third-order valence-corrected chi connectivity index (χ3v) is 9.38. The van der Waals surface area contributed by atoms with Crippen LogP contribution in [-0.2, 0) is 22.5 Å². The largest absolute Gasteiger partial charge is 0.339 e. The quantitative estimate of drug-likeness (QED) is 0.575. The Morgan fingerprint density at radius 2 is 2.00 bits per heavy atom. The Hall–Kier alpha value is -1.86. The van der Waals surface area contributed by atoms with Crippen LogP contribution in [0.2, 0.25) is 0 Å². The van der Waals surface area contributed by atoms with Crippen molar-refractivity contribution in [1.82, 2.24) is 14.5 Å². The fourth-order valence-corrected chi connectivity index (χ4v) is 6.73. The average molecular weight is 473 g/mol. The molecule has 1 saturated carbocycles. The van der Waals surface area contributed by atoms with Crippen molar-refractivity contribution in [2.45, 2.75) is 75.7 Å². The first kappa shape index (κ1) is 24.3. The predicted octanol–water partition coefficient (Wildman–Crippen LogP) is 5.18. The Kier molecular flexibility index (Phi) is 7.49. The van der Waals surface area contributed by atoms with E-state index in [2.05, 4.69) is 34.5 Å². The van der Waals surface area contributed by atoms with Gasteiger partial charge in [0.05, 0.1) is 6.33 Å². The molecule has 2 aliphatic rings. The number of aryl methyl sites for hydroxylation is 1. The van der Waals surface area contributed by atoms with Crippen molar-refractivity contribution in [3.05, 3.63) is 42.4 Å². The first-order valence-electron chi connectivity index (χ1n) is 12.6. The number of nitrogens with one attached hydrogen (secondary N) is 1.